The van der Waals surface area contributed by atoms with E-state index in [0.717, 1.165) is 6.26 Å². The minimum atomic E-state index is -3.54. The molecule has 0 radical (unpaired) electrons. The van der Waals surface area contributed by atoms with Crippen LogP contribution in [0, 0.1) is 0 Å². The summed E-state index contributed by atoms with van der Waals surface area (Å²) in [5.74, 6) is -3.75. The van der Waals surface area contributed by atoms with Gasteiger partial charge in [-0.2, -0.15) is 0 Å². The third kappa shape index (κ3) is 5.17. The number of hydrogen-bond donors (Lipinski definition) is 0. The molecule has 0 unspecified atom stereocenters. The van der Waals surface area contributed by atoms with Crippen molar-refractivity contribution in [1.82, 2.24) is 4.90 Å². The van der Waals surface area contributed by atoms with Gasteiger partial charge in [0, 0.05) is 11.8 Å². The van der Waals surface area contributed by atoms with E-state index in [9.17, 15) is 27.6 Å². The van der Waals surface area contributed by atoms with Crippen LogP contribution in [0.3, 0.4) is 0 Å². The van der Waals surface area contributed by atoms with Gasteiger partial charge in [0.05, 0.1) is 26.9 Å². The van der Waals surface area contributed by atoms with Crippen LogP contribution in [-0.4, -0.2) is 61.5 Å². The van der Waals surface area contributed by atoms with E-state index in [1.807, 2.05) is 0 Å². The van der Waals surface area contributed by atoms with E-state index in [1.54, 1.807) is 18.2 Å². The lowest BCUT2D eigenvalue weighted by Crippen LogP contribution is -2.46. The van der Waals surface area contributed by atoms with Crippen LogP contribution in [0.2, 0.25) is 10.0 Å². The van der Waals surface area contributed by atoms with Gasteiger partial charge in [0.15, 0.2) is 12.4 Å². The molecule has 0 N–H and O–H groups in total. The number of ketones is 1. The molecule has 0 spiro atoms. The summed E-state index contributed by atoms with van der Waals surface area (Å²) in [6.07, 6.45) is 0.556. The molecule has 8 nitrogen and oxygen atoms in total. The smallest absolute Gasteiger partial charge is 0.329 e. The van der Waals surface area contributed by atoms with Crippen molar-refractivity contribution in [2.45, 2.75) is 12.5 Å². The lowest BCUT2D eigenvalue weighted by Gasteiger charge is -2.24. The molecule has 2 aromatic rings. The Hall–Kier alpha value is -2.75. The summed E-state index contributed by atoms with van der Waals surface area (Å²) < 4.78 is 28.4. The van der Waals surface area contributed by atoms with Crippen LogP contribution in [0.5, 0.6) is 0 Å². The fraction of sp³-hybridized carbons (Fsp3) is 0.238. The molecule has 1 aliphatic heterocycles. The molecule has 32 heavy (non-hydrogen) atoms. The normalized spacial score (nSPS) is 14.3. The Morgan fingerprint density at radius 1 is 1.00 bits per heavy atom. The van der Waals surface area contributed by atoms with Gasteiger partial charge in [-0.1, -0.05) is 53.5 Å². The van der Waals surface area contributed by atoms with E-state index in [-0.39, 0.29) is 21.2 Å². The molecular weight excluding hydrogens is 481 g/mol. The zero-order valence-electron chi connectivity index (χ0n) is 16.7. The topological polar surface area (TPSA) is 115 Å². The van der Waals surface area contributed by atoms with Gasteiger partial charge < -0.3 is 4.74 Å². The summed E-state index contributed by atoms with van der Waals surface area (Å²) in [7, 11) is -3.54. The first-order valence-electron chi connectivity index (χ1n) is 9.29. The second-order valence-corrected chi connectivity index (χ2v) is 10.2. The Morgan fingerprint density at radius 3 is 2.03 bits per heavy atom. The maximum Gasteiger partial charge on any atom is 0.329 e. The number of esters is 1. The summed E-state index contributed by atoms with van der Waals surface area (Å²) in [6.45, 7) is -0.640. The highest BCUT2D eigenvalue weighted by atomic mass is 35.5. The van der Waals surface area contributed by atoms with Gasteiger partial charge in [-0.15, -0.1) is 0 Å². The molecule has 3 rings (SSSR count). The summed E-state index contributed by atoms with van der Waals surface area (Å²) in [5, 5.41) is 0.0780. The van der Waals surface area contributed by atoms with Crippen LogP contribution in [-0.2, 0) is 19.4 Å². The van der Waals surface area contributed by atoms with E-state index in [0.29, 0.717) is 10.5 Å². The largest absolute Gasteiger partial charge is 0.456 e. The molecular formula is C21H17Cl2NO7S. The molecule has 0 saturated carbocycles. The van der Waals surface area contributed by atoms with Crippen molar-refractivity contribution in [3.8, 4) is 0 Å². The third-order valence-electron chi connectivity index (χ3n) is 4.75. The Kier molecular flexibility index (Phi) is 7.02. The molecule has 168 valence electrons. The summed E-state index contributed by atoms with van der Waals surface area (Å²) >= 11 is 11.9. The number of carbonyl (C=O) groups excluding carboxylic acids is 4. The number of fused-ring (bicyclic) bond motifs is 1. The second kappa shape index (κ2) is 9.40. The van der Waals surface area contributed by atoms with Gasteiger partial charge in [0.2, 0.25) is 0 Å². The van der Waals surface area contributed by atoms with Crippen LogP contribution in [0.15, 0.2) is 42.5 Å². The van der Waals surface area contributed by atoms with Gasteiger partial charge in [-0.05, 0) is 18.6 Å². The van der Waals surface area contributed by atoms with Gasteiger partial charge >= 0.3 is 5.97 Å². The van der Waals surface area contributed by atoms with E-state index in [2.05, 4.69) is 0 Å². The zero-order chi connectivity index (χ0) is 23.6. The van der Waals surface area contributed by atoms with Crippen LogP contribution in [0.25, 0.3) is 0 Å². The summed E-state index contributed by atoms with van der Waals surface area (Å²) in [4.78, 5) is 51.4. The van der Waals surface area contributed by atoms with Crippen molar-refractivity contribution >= 4 is 56.6 Å². The second-order valence-electron chi connectivity index (χ2n) is 7.12. The Labute approximate surface area is 194 Å². The fourth-order valence-electron chi connectivity index (χ4n) is 3.15. The van der Waals surface area contributed by atoms with Crippen molar-refractivity contribution in [1.29, 1.82) is 0 Å². The van der Waals surface area contributed by atoms with Crippen molar-refractivity contribution in [2.24, 2.45) is 0 Å². The number of amides is 2. The molecule has 11 heteroatoms. The van der Waals surface area contributed by atoms with Crippen LogP contribution in [0.4, 0.5) is 0 Å². The molecule has 1 heterocycles. The molecule has 0 bridgehead atoms. The van der Waals surface area contributed by atoms with E-state index in [4.69, 9.17) is 27.9 Å². The summed E-state index contributed by atoms with van der Waals surface area (Å²) in [6, 6.07) is 8.92. The number of rotatable bonds is 8. The lowest BCUT2D eigenvalue weighted by molar-refractivity contribution is -0.147. The van der Waals surface area contributed by atoms with Crippen LogP contribution in [0.1, 0.15) is 37.5 Å². The molecule has 2 aromatic carbocycles. The van der Waals surface area contributed by atoms with E-state index in [1.165, 1.54) is 24.3 Å². The first-order chi connectivity index (χ1) is 15.0. The molecule has 0 saturated heterocycles. The Bertz CT molecular complexity index is 1170. The number of nitrogens with zero attached hydrogens (tertiary/aromatic N) is 1. The molecule has 1 atom stereocenters. The molecule has 0 aliphatic carbocycles. The first-order valence-corrected chi connectivity index (χ1v) is 12.1. The number of Topliss-reactive ketones (excluding diaryl/α,β-unsaturated/α-hetero) is 1. The van der Waals surface area contributed by atoms with Crippen LogP contribution < -0.4 is 0 Å². The Morgan fingerprint density at radius 2 is 1.53 bits per heavy atom. The standard InChI is InChI=1S/C21H17Cl2NO7S/c1-32(29,30)8-7-17(21(28)31-11-18(25)12-5-3-2-4-6-12)24-19(26)13-9-15(22)16(23)10-14(13)20(24)27/h2-6,9-10,17H,7-8,11H2,1H3/t17-/m0/s1. The van der Waals surface area contributed by atoms with Crippen molar-refractivity contribution < 1.29 is 32.3 Å². The predicted octanol–water partition coefficient (Wildman–Crippen LogP) is 2.82. The zero-order valence-corrected chi connectivity index (χ0v) is 19.0. The number of ether oxygens (including phenoxy) is 1. The number of benzene rings is 2. The maximum absolute atomic E-state index is 12.9. The van der Waals surface area contributed by atoms with E-state index >= 15 is 0 Å². The van der Waals surface area contributed by atoms with Crippen molar-refractivity contribution in [2.75, 3.05) is 18.6 Å². The summed E-state index contributed by atoms with van der Waals surface area (Å²) in [5.41, 5.74) is 0.168. The molecule has 0 aromatic heterocycles. The fourth-order valence-corrected chi connectivity index (χ4v) is 4.13. The number of imide groups is 1. The lowest BCUT2D eigenvalue weighted by atomic mass is 10.1. The van der Waals surface area contributed by atoms with E-state index < -0.39 is 58.2 Å². The van der Waals surface area contributed by atoms with Crippen molar-refractivity contribution in [3.63, 3.8) is 0 Å². The molecule has 0 fully saturated rings. The highest BCUT2D eigenvalue weighted by Crippen LogP contribution is 2.33. The Balaban J connectivity index is 1.85. The minimum Gasteiger partial charge on any atom is -0.456 e. The highest BCUT2D eigenvalue weighted by molar-refractivity contribution is 7.90. The van der Waals surface area contributed by atoms with Gasteiger partial charge in [-0.3, -0.25) is 19.3 Å². The number of hydrogen-bond acceptors (Lipinski definition) is 7. The van der Waals surface area contributed by atoms with Gasteiger partial charge in [0.1, 0.15) is 15.9 Å². The highest BCUT2D eigenvalue weighted by Gasteiger charge is 2.44. The maximum atomic E-state index is 12.9. The minimum absolute atomic E-state index is 0.0390. The average molecular weight is 498 g/mol. The predicted molar refractivity (Wildman–Crippen MR) is 117 cm³/mol. The molecule has 2 amide bonds. The monoisotopic (exact) mass is 497 g/mol. The van der Waals surface area contributed by atoms with Gasteiger partial charge in [0.25, 0.3) is 11.8 Å². The average Bonchev–Trinajstić information content (AvgIpc) is 2.97. The molecule has 1 aliphatic rings. The first kappa shape index (κ1) is 23.9. The number of sulfone groups is 1. The van der Waals surface area contributed by atoms with Crippen molar-refractivity contribution in [3.05, 3.63) is 69.2 Å². The third-order valence-corrected chi connectivity index (χ3v) is 6.45. The number of halogens is 2. The van der Waals surface area contributed by atoms with Crippen LogP contribution >= 0.6 is 23.2 Å². The number of carbonyl (C=O) groups is 4. The SMILES string of the molecule is CS(=O)(=O)CC[C@@H](C(=O)OCC(=O)c1ccccc1)N1C(=O)c2cc(Cl)c(Cl)cc2C1=O. The quantitative estimate of drug-likeness (QED) is 0.312. The van der Waals surface area contributed by atoms with Gasteiger partial charge in [-0.25, -0.2) is 13.2 Å².